The van der Waals surface area contributed by atoms with Crippen molar-refractivity contribution in [3.8, 4) is 0 Å². The van der Waals surface area contributed by atoms with Crippen LogP contribution in [0.15, 0.2) is 298 Å². The van der Waals surface area contributed by atoms with Gasteiger partial charge in [0, 0.05) is 21.9 Å². The van der Waals surface area contributed by atoms with Crippen LogP contribution in [0.1, 0.15) is 47.9 Å². The van der Waals surface area contributed by atoms with Gasteiger partial charge in [0.1, 0.15) is 0 Å². The average molecular weight is 1660 g/mol. The monoisotopic (exact) mass is 1660 g/mol. The van der Waals surface area contributed by atoms with E-state index in [1.54, 1.807) is 78.9 Å². The number of carbonyl (C=O) groups excluding carboxylic acids is 4. The van der Waals surface area contributed by atoms with Gasteiger partial charge in [-0.05, 0) is 210 Å². The first-order valence-corrected chi connectivity index (χ1v) is 35.9. The van der Waals surface area contributed by atoms with Gasteiger partial charge in [-0.3, -0.25) is 9.59 Å². The fraction of sp³-hybridized carbons (Fsp3) is 0.0112. The van der Waals surface area contributed by atoms with E-state index in [9.17, 15) is 115 Å². The lowest BCUT2D eigenvalue weighted by atomic mass is 9.83. The number of furan rings is 10. The number of esters is 2. The van der Waals surface area contributed by atoms with Crippen molar-refractivity contribution in [2.75, 3.05) is 0 Å². The molecule has 0 fully saturated rings. The Hall–Kier alpha value is -18.4. The molecular formula is C89H28O35. The summed E-state index contributed by atoms with van der Waals surface area (Å²) in [5.41, 5.74) is -13.3. The smallest absolute Gasteiger partial charge is 0.347 e. The van der Waals surface area contributed by atoms with Crippen molar-refractivity contribution in [1.82, 2.24) is 0 Å². The van der Waals surface area contributed by atoms with Gasteiger partial charge in [0.2, 0.25) is 0 Å². The van der Waals surface area contributed by atoms with Crippen LogP contribution in [-0.2, 0) is 4.74 Å². The normalized spacial score (nSPS) is 12.6. The van der Waals surface area contributed by atoms with Crippen LogP contribution in [0, 0.1) is 0 Å². The molecule has 0 unspecified atom stereocenters. The van der Waals surface area contributed by atoms with Crippen LogP contribution in [0.4, 0.5) is 0 Å². The molecule has 0 amide bonds. The molecule has 0 N–H and O–H groups in total. The minimum atomic E-state index is -0.824. The maximum Gasteiger partial charge on any atom is 0.347 e. The Morgan fingerprint density at radius 1 is 0.145 bits per heavy atom. The van der Waals surface area contributed by atoms with E-state index in [2.05, 4.69) is 48.9 Å². The maximum atomic E-state index is 12.0. The molecule has 1 aliphatic carbocycles. The zero-order valence-corrected chi connectivity index (χ0v) is 61.0. The molecule has 23 aromatic rings. The number of benzene rings is 13. The maximum absolute atomic E-state index is 12.0. The summed E-state index contributed by atoms with van der Waals surface area (Å²) >= 11 is 0. The number of hydrogen-bond acceptors (Lipinski definition) is 35. The molecule has 10 aromatic heterocycles. The molecular weight excluding hydrogens is 1630 g/mol. The van der Waals surface area contributed by atoms with Crippen LogP contribution in [0.5, 0.6) is 0 Å². The minimum Gasteiger partial charge on any atom is -0.386 e. The summed E-state index contributed by atoms with van der Waals surface area (Å²) in [6.07, 6.45) is -0.181. The average Bonchev–Trinajstić information content (AvgIpc) is 1.37. The van der Waals surface area contributed by atoms with Gasteiger partial charge in [0.25, 0.3) is 0 Å². The third-order valence-electron chi connectivity index (χ3n) is 21.5. The van der Waals surface area contributed by atoms with E-state index >= 15 is 0 Å². The summed E-state index contributed by atoms with van der Waals surface area (Å²) < 4.78 is 49.9. The minimum absolute atomic E-state index is 0.0181. The molecule has 0 atom stereocenters. The predicted octanol–water partition coefficient (Wildman–Crippen LogP) is 6.32. The van der Waals surface area contributed by atoms with Crippen molar-refractivity contribution in [2.45, 2.75) is 6.42 Å². The number of ether oxygens (including phenoxy) is 1. The quantitative estimate of drug-likeness (QED) is 0.0910. The standard InChI is InChI=1S/2C18H6O6.C15H6O5.2C14H4O6.C10H2O6/c19-15-11-3-7-1-8-4-12-14(18(22)24-16(12)20)6-10(8)2-9(7)5-13(11)17(21)23-15;19-15-10-2-1-7-3-8-5-12-13(17(21)23-16(12)20)6-9(8)4-11(7)14(10)18(22)24-15;16-10-5-11(17)7-2-4-9-13-8(14(18)20-15(9)19)3-1-6(10)12(7)13;15-11-7-1-5-2-9-10(14(18)20-13(9)17)4-6(5)3-8(7)12(16)19-11;15-11-6-2-1-5-3-8-9(13(17)19-12(8)16)4-7(5)10(6)14(18)20-11;11-7-3-1-4-6(10(14)16-8(4)12)2-5(3)9(13)15-7/h2*1-6H;1-4H,5H2;2*1-4H;1-2H. The first-order chi connectivity index (χ1) is 59.3. The Balaban J connectivity index is 0.0000000947. The number of rotatable bonds is 0. The van der Waals surface area contributed by atoms with E-state index in [1.807, 2.05) is 0 Å². The van der Waals surface area contributed by atoms with Crippen LogP contribution in [-0.4, -0.2) is 23.5 Å². The number of carbonyl (C=O) groups is 4. The first kappa shape index (κ1) is 74.4. The molecule has 35 nitrogen and oxygen atoms in total. The van der Waals surface area contributed by atoms with Crippen LogP contribution in [0.25, 0.3) is 183 Å². The molecule has 13 aromatic carbocycles. The zero-order valence-electron chi connectivity index (χ0n) is 61.0. The van der Waals surface area contributed by atoms with E-state index in [0.717, 1.165) is 44.5 Å². The van der Waals surface area contributed by atoms with Crippen molar-refractivity contribution >= 4 is 207 Å². The Kier molecular flexibility index (Phi) is 15.9. The molecule has 124 heavy (non-hydrogen) atoms. The van der Waals surface area contributed by atoms with Crippen molar-refractivity contribution in [3.05, 3.63) is 388 Å². The van der Waals surface area contributed by atoms with Crippen LogP contribution in [0.2, 0.25) is 0 Å². The second kappa shape index (κ2) is 26.5. The lowest BCUT2D eigenvalue weighted by molar-refractivity contribution is 0.0390. The molecule has 25 rings (SSSR count). The molecule has 0 bridgehead atoms. The van der Waals surface area contributed by atoms with E-state index in [4.69, 9.17) is 0 Å². The second-order valence-electron chi connectivity index (χ2n) is 28.4. The Bertz CT molecular complexity index is 9440. The van der Waals surface area contributed by atoms with Gasteiger partial charge >= 0.3 is 124 Å². The first-order valence-electron chi connectivity index (χ1n) is 35.9. The SMILES string of the molecule is O=C1CC(=O)c2ccc3c4c(ccc1c24)C(=O)OC3=O.O=c1oc(=O)c2cc3c(=O)oc(=O)c3cc12.O=c1oc(=O)c2cc3c(ccc4c(=O)oc(=O)c43)cc12.O=c1oc(=O)c2cc3cc4c(=O)oc(=O)c4cc3cc12.O=c1oc(=O)c2cc3cc4c(ccc5c(=O)oc(=O)c54)cc3cc12.O=c1oc(=O)c2cc3cc4cc5c(=O)oc(=O)c5cc4cc3cc12. The van der Waals surface area contributed by atoms with E-state index in [0.29, 0.717) is 54.2 Å². The van der Waals surface area contributed by atoms with Crippen molar-refractivity contribution in [3.63, 3.8) is 0 Å². The summed E-state index contributed by atoms with van der Waals surface area (Å²) in [4.78, 5) is 278. The molecule has 2 aliphatic rings. The summed E-state index contributed by atoms with van der Waals surface area (Å²) in [7, 11) is 0. The predicted molar refractivity (Wildman–Crippen MR) is 439 cm³/mol. The van der Waals surface area contributed by atoms with E-state index in [1.165, 1.54) is 66.7 Å². The number of fused-ring (bicyclic) bond motifs is 18. The van der Waals surface area contributed by atoms with Crippen molar-refractivity contribution in [1.29, 1.82) is 0 Å². The molecule has 594 valence electrons. The lowest BCUT2D eigenvalue weighted by Crippen LogP contribution is -2.23. The molecule has 0 spiro atoms. The highest BCUT2D eigenvalue weighted by molar-refractivity contribution is 6.33. The van der Waals surface area contributed by atoms with E-state index < -0.39 is 124 Å². The summed E-state index contributed by atoms with van der Waals surface area (Å²) in [5.74, 6) is -2.09. The van der Waals surface area contributed by atoms with Gasteiger partial charge in [0.15, 0.2) is 11.6 Å². The Morgan fingerprint density at radius 2 is 0.323 bits per heavy atom. The topological polar surface area (TPSA) is 550 Å². The molecule has 1 aliphatic heterocycles. The number of cyclic esters (lactones) is 2. The number of hydrogen-bond donors (Lipinski definition) is 0. The van der Waals surface area contributed by atoms with Gasteiger partial charge in [-0.25, -0.2) is 105 Å². The molecule has 35 heteroatoms. The number of ketones is 2. The van der Waals surface area contributed by atoms with Gasteiger partial charge < -0.3 is 48.9 Å². The molecule has 11 heterocycles. The van der Waals surface area contributed by atoms with Gasteiger partial charge in [-0.15, -0.1) is 0 Å². The molecule has 0 radical (unpaired) electrons. The molecule has 0 saturated carbocycles. The second-order valence-corrected chi connectivity index (χ2v) is 28.4. The van der Waals surface area contributed by atoms with E-state index in [-0.39, 0.29) is 137 Å². The molecule has 0 saturated heterocycles. The fourth-order valence-electron chi connectivity index (χ4n) is 15.8. The fourth-order valence-corrected chi connectivity index (χ4v) is 15.8. The summed E-state index contributed by atoms with van der Waals surface area (Å²) in [5, 5.41) is 11.2. The summed E-state index contributed by atoms with van der Waals surface area (Å²) in [6, 6.07) is 39.8. The Labute approximate surface area is 666 Å². The Morgan fingerprint density at radius 3 is 0.597 bits per heavy atom. The van der Waals surface area contributed by atoms with Gasteiger partial charge in [-0.1, -0.05) is 12.1 Å². The van der Waals surface area contributed by atoms with Gasteiger partial charge in [-0.2, -0.15) is 0 Å². The zero-order chi connectivity index (χ0) is 86.7. The number of Topliss-reactive ketones (excluding diaryl/α,β-unsaturated/α-hetero) is 2. The third kappa shape index (κ3) is 11.4. The highest BCUT2D eigenvalue weighted by Gasteiger charge is 2.35. The highest BCUT2D eigenvalue weighted by Crippen LogP contribution is 2.38. The van der Waals surface area contributed by atoms with Crippen molar-refractivity contribution < 1.29 is 68.1 Å². The van der Waals surface area contributed by atoms with Crippen molar-refractivity contribution in [2.24, 2.45) is 0 Å². The van der Waals surface area contributed by atoms with Crippen LogP contribution in [0.3, 0.4) is 0 Å². The van der Waals surface area contributed by atoms with Crippen LogP contribution >= 0.6 is 0 Å². The third-order valence-corrected chi connectivity index (χ3v) is 21.5. The highest BCUT2D eigenvalue weighted by atomic mass is 16.6. The lowest BCUT2D eigenvalue weighted by Gasteiger charge is -2.21. The largest absolute Gasteiger partial charge is 0.386 e. The van der Waals surface area contributed by atoms with Gasteiger partial charge in [0.05, 0.1) is 125 Å². The summed E-state index contributed by atoms with van der Waals surface area (Å²) in [6.45, 7) is 0. The van der Waals surface area contributed by atoms with Crippen LogP contribution < -0.4 is 113 Å².